The van der Waals surface area contributed by atoms with Crippen molar-refractivity contribution in [2.45, 2.75) is 25.3 Å². The lowest BCUT2D eigenvalue weighted by atomic mass is 9.90. The van der Waals surface area contributed by atoms with E-state index in [0.29, 0.717) is 19.6 Å². The summed E-state index contributed by atoms with van der Waals surface area (Å²) < 4.78 is 5.26. The van der Waals surface area contributed by atoms with Crippen LogP contribution in [0.5, 0.6) is 0 Å². The predicted molar refractivity (Wildman–Crippen MR) is 66.5 cm³/mol. The van der Waals surface area contributed by atoms with Crippen LogP contribution < -0.4 is 5.73 Å². The molecule has 1 saturated heterocycles. The number of Topliss-reactive ketones (excluding diaryl/α,β-unsaturated/α-hetero) is 1. The van der Waals surface area contributed by atoms with Gasteiger partial charge in [-0.2, -0.15) is 0 Å². The molecule has 0 saturated carbocycles. The largest absolute Gasteiger partial charge is 0.381 e. The number of benzene rings is 1. The number of rotatable bonds is 4. The molecular formula is C14H19NO2. The van der Waals surface area contributed by atoms with Crippen molar-refractivity contribution in [3.05, 3.63) is 35.9 Å². The summed E-state index contributed by atoms with van der Waals surface area (Å²) in [4.78, 5) is 12.0. The second-order valence-electron chi connectivity index (χ2n) is 4.57. The normalized spacial score (nSPS) is 18.9. The van der Waals surface area contributed by atoms with Gasteiger partial charge in [0.05, 0.1) is 0 Å². The summed E-state index contributed by atoms with van der Waals surface area (Å²) in [7, 11) is 0. The number of ketones is 1. The molecule has 0 amide bonds. The molecule has 2 N–H and O–H groups in total. The Labute approximate surface area is 102 Å². The Bertz CT molecular complexity index is 358. The molecule has 1 atom stereocenters. The fraction of sp³-hybridized carbons (Fsp3) is 0.500. The van der Waals surface area contributed by atoms with E-state index in [9.17, 15) is 4.79 Å². The van der Waals surface area contributed by atoms with Crippen LogP contribution in [0.25, 0.3) is 0 Å². The molecule has 17 heavy (non-hydrogen) atoms. The highest BCUT2D eigenvalue weighted by molar-refractivity contribution is 5.81. The maximum absolute atomic E-state index is 12.0. The second kappa shape index (κ2) is 5.94. The zero-order valence-electron chi connectivity index (χ0n) is 9.97. The van der Waals surface area contributed by atoms with Crippen molar-refractivity contribution in [2.75, 3.05) is 13.2 Å². The summed E-state index contributed by atoms with van der Waals surface area (Å²) in [6.45, 7) is 1.41. The summed E-state index contributed by atoms with van der Waals surface area (Å²) in [5.74, 6) is 0.433. The first kappa shape index (κ1) is 12.3. The number of nitrogens with two attached hydrogens (primary N) is 1. The van der Waals surface area contributed by atoms with E-state index in [1.807, 2.05) is 30.3 Å². The summed E-state index contributed by atoms with van der Waals surface area (Å²) >= 11 is 0. The van der Waals surface area contributed by atoms with E-state index in [0.717, 1.165) is 18.4 Å². The molecule has 0 spiro atoms. The first-order chi connectivity index (χ1) is 8.27. The Morgan fingerprint density at radius 2 is 1.94 bits per heavy atom. The highest BCUT2D eigenvalue weighted by Gasteiger charge is 2.23. The molecule has 1 aromatic carbocycles. The van der Waals surface area contributed by atoms with E-state index in [4.69, 9.17) is 10.5 Å². The Kier molecular flexibility index (Phi) is 4.29. The molecule has 1 aliphatic heterocycles. The molecule has 0 aliphatic carbocycles. The van der Waals surface area contributed by atoms with E-state index in [1.54, 1.807) is 0 Å². The molecule has 0 aromatic heterocycles. The quantitative estimate of drug-likeness (QED) is 0.866. The summed E-state index contributed by atoms with van der Waals surface area (Å²) in [6.07, 6.45) is 2.13. The maximum Gasteiger partial charge on any atom is 0.138 e. The molecule has 1 fully saturated rings. The van der Waals surface area contributed by atoms with Crippen molar-refractivity contribution in [3.8, 4) is 0 Å². The van der Waals surface area contributed by atoms with E-state index in [-0.39, 0.29) is 17.7 Å². The van der Waals surface area contributed by atoms with Crippen molar-refractivity contribution in [2.24, 2.45) is 11.7 Å². The zero-order chi connectivity index (χ0) is 12.1. The van der Waals surface area contributed by atoms with Crippen LogP contribution in [-0.2, 0) is 9.53 Å². The average molecular weight is 233 g/mol. The van der Waals surface area contributed by atoms with Gasteiger partial charge in [-0.25, -0.2) is 0 Å². The van der Waals surface area contributed by atoms with Gasteiger partial charge in [0.15, 0.2) is 0 Å². The molecule has 0 bridgehead atoms. The van der Waals surface area contributed by atoms with Gasteiger partial charge in [0.25, 0.3) is 0 Å². The van der Waals surface area contributed by atoms with Gasteiger partial charge in [0.2, 0.25) is 0 Å². The van der Waals surface area contributed by atoms with E-state index >= 15 is 0 Å². The minimum atomic E-state index is -0.174. The smallest absolute Gasteiger partial charge is 0.138 e. The van der Waals surface area contributed by atoms with E-state index in [2.05, 4.69) is 0 Å². The third kappa shape index (κ3) is 3.38. The molecule has 1 aromatic rings. The molecular weight excluding hydrogens is 214 g/mol. The van der Waals surface area contributed by atoms with Gasteiger partial charge in [-0.3, -0.25) is 4.79 Å². The van der Waals surface area contributed by atoms with Gasteiger partial charge in [0, 0.05) is 31.6 Å². The fourth-order valence-corrected chi connectivity index (χ4v) is 2.22. The maximum atomic E-state index is 12.0. The number of hydrogen-bond acceptors (Lipinski definition) is 3. The van der Waals surface area contributed by atoms with Crippen molar-refractivity contribution in [3.63, 3.8) is 0 Å². The first-order valence-corrected chi connectivity index (χ1v) is 6.18. The van der Waals surface area contributed by atoms with Crippen LogP contribution in [0.3, 0.4) is 0 Å². The average Bonchev–Trinajstić information content (AvgIpc) is 2.40. The number of carbonyl (C=O) groups is 1. The van der Waals surface area contributed by atoms with Crippen molar-refractivity contribution >= 4 is 5.78 Å². The molecule has 1 aliphatic rings. The minimum Gasteiger partial charge on any atom is -0.381 e. The van der Waals surface area contributed by atoms with Crippen LogP contribution in [-0.4, -0.2) is 19.0 Å². The van der Waals surface area contributed by atoms with Crippen molar-refractivity contribution in [1.82, 2.24) is 0 Å². The number of hydrogen-bond donors (Lipinski definition) is 1. The first-order valence-electron chi connectivity index (χ1n) is 6.18. The lowest BCUT2D eigenvalue weighted by Crippen LogP contribution is -2.26. The third-order valence-electron chi connectivity index (χ3n) is 3.33. The fourth-order valence-electron chi connectivity index (χ4n) is 2.22. The van der Waals surface area contributed by atoms with Crippen LogP contribution in [0.1, 0.15) is 30.9 Å². The number of ether oxygens (including phenoxy) is 1. The molecule has 1 unspecified atom stereocenters. The Hall–Kier alpha value is -1.19. The third-order valence-corrected chi connectivity index (χ3v) is 3.33. The lowest BCUT2D eigenvalue weighted by molar-refractivity contribution is -0.126. The van der Waals surface area contributed by atoms with Gasteiger partial charge in [-0.05, 0) is 18.4 Å². The molecule has 1 heterocycles. The van der Waals surface area contributed by atoms with Crippen LogP contribution >= 0.6 is 0 Å². The summed E-state index contributed by atoms with van der Waals surface area (Å²) in [5, 5.41) is 0. The van der Waals surface area contributed by atoms with Crippen LogP contribution in [0.15, 0.2) is 30.3 Å². The molecule has 0 radical (unpaired) electrons. The van der Waals surface area contributed by atoms with Crippen molar-refractivity contribution < 1.29 is 9.53 Å². The summed E-state index contributed by atoms with van der Waals surface area (Å²) in [6, 6.07) is 9.63. The zero-order valence-corrected chi connectivity index (χ0v) is 9.97. The number of carbonyl (C=O) groups excluding carboxylic acids is 1. The predicted octanol–water partition coefficient (Wildman–Crippen LogP) is 2.07. The molecule has 92 valence electrons. The highest BCUT2D eigenvalue weighted by atomic mass is 16.5. The van der Waals surface area contributed by atoms with Gasteiger partial charge < -0.3 is 10.5 Å². The van der Waals surface area contributed by atoms with Crippen LogP contribution in [0.2, 0.25) is 0 Å². The Balaban J connectivity index is 1.89. The van der Waals surface area contributed by atoms with Crippen LogP contribution in [0, 0.1) is 5.92 Å². The van der Waals surface area contributed by atoms with E-state index in [1.165, 1.54) is 0 Å². The topological polar surface area (TPSA) is 52.3 Å². The van der Waals surface area contributed by atoms with Gasteiger partial charge in [-0.15, -0.1) is 0 Å². The standard InChI is InChI=1S/C14H19NO2/c15-13(11-4-2-1-3-5-11)10-14(16)12-6-8-17-9-7-12/h1-5,12-13H,6-10,15H2. The monoisotopic (exact) mass is 233 g/mol. The van der Waals surface area contributed by atoms with Crippen LogP contribution in [0.4, 0.5) is 0 Å². The minimum absolute atomic E-state index is 0.151. The highest BCUT2D eigenvalue weighted by Crippen LogP contribution is 2.21. The molecule has 2 rings (SSSR count). The van der Waals surface area contributed by atoms with Gasteiger partial charge in [0.1, 0.15) is 5.78 Å². The SMILES string of the molecule is NC(CC(=O)C1CCOCC1)c1ccccc1. The summed E-state index contributed by atoms with van der Waals surface area (Å²) in [5.41, 5.74) is 7.09. The second-order valence-corrected chi connectivity index (χ2v) is 4.57. The molecule has 3 nitrogen and oxygen atoms in total. The Morgan fingerprint density at radius 1 is 1.29 bits per heavy atom. The van der Waals surface area contributed by atoms with E-state index < -0.39 is 0 Å². The molecule has 3 heteroatoms. The van der Waals surface area contributed by atoms with Gasteiger partial charge >= 0.3 is 0 Å². The van der Waals surface area contributed by atoms with Crippen molar-refractivity contribution in [1.29, 1.82) is 0 Å². The van der Waals surface area contributed by atoms with Gasteiger partial charge in [-0.1, -0.05) is 30.3 Å². The Morgan fingerprint density at radius 3 is 2.59 bits per heavy atom. The lowest BCUT2D eigenvalue weighted by Gasteiger charge is -2.22.